The third-order valence-corrected chi connectivity index (χ3v) is 4.17. The van der Waals surface area contributed by atoms with E-state index < -0.39 is 35.6 Å². The smallest absolute Gasteiger partial charge is 0.351 e. The number of nitrogens with one attached hydrogen (secondary N) is 1. The predicted molar refractivity (Wildman–Crippen MR) is 105 cm³/mol. The molecule has 2 aromatic rings. The van der Waals surface area contributed by atoms with E-state index in [1.54, 1.807) is 38.1 Å². The van der Waals surface area contributed by atoms with Gasteiger partial charge >= 0.3 is 5.97 Å². The Labute approximate surface area is 171 Å². The van der Waals surface area contributed by atoms with Gasteiger partial charge in [-0.25, -0.2) is 4.79 Å². The number of nitro benzene ring substituents is 1. The summed E-state index contributed by atoms with van der Waals surface area (Å²) in [7, 11) is 0. The Morgan fingerprint density at radius 3 is 2.53 bits per heavy atom. The predicted octanol–water partition coefficient (Wildman–Crippen LogP) is 2.70. The molecule has 0 radical (unpaired) electrons. The van der Waals surface area contributed by atoms with Crippen molar-refractivity contribution in [3.05, 3.63) is 52.6 Å². The molecule has 0 bridgehead atoms. The van der Waals surface area contributed by atoms with E-state index >= 15 is 0 Å². The molecule has 1 N–H and O–H groups in total. The molecule has 0 aromatic heterocycles. The monoisotopic (exact) mass is 416 g/mol. The first-order valence-corrected chi connectivity index (χ1v) is 9.19. The Bertz CT molecular complexity index is 962. The molecule has 158 valence electrons. The number of benzene rings is 2. The van der Waals surface area contributed by atoms with Crippen LogP contribution in [0.2, 0.25) is 0 Å². The number of ether oxygens (including phenoxy) is 4. The van der Waals surface area contributed by atoms with Gasteiger partial charge in [0.1, 0.15) is 17.5 Å². The quantitative estimate of drug-likeness (QED) is 0.415. The number of carbonyl (C=O) groups excluding carboxylic acids is 2. The number of nitro groups is 1. The van der Waals surface area contributed by atoms with Gasteiger partial charge in [-0.05, 0) is 38.1 Å². The van der Waals surface area contributed by atoms with Gasteiger partial charge in [0.05, 0.1) is 17.6 Å². The lowest BCUT2D eigenvalue weighted by Crippen LogP contribution is -2.45. The first-order chi connectivity index (χ1) is 14.4. The molecule has 0 saturated carbocycles. The fourth-order valence-corrected chi connectivity index (χ4v) is 2.81. The van der Waals surface area contributed by atoms with Crippen LogP contribution in [0.15, 0.2) is 42.5 Å². The van der Waals surface area contributed by atoms with Gasteiger partial charge in [-0.1, -0.05) is 12.1 Å². The normalized spacial score (nSPS) is 17.0. The molecule has 1 heterocycles. The lowest BCUT2D eigenvalue weighted by molar-refractivity contribution is -0.384. The zero-order valence-electron chi connectivity index (χ0n) is 16.3. The minimum absolute atomic E-state index is 0.0379. The maximum Gasteiger partial charge on any atom is 0.351 e. The van der Waals surface area contributed by atoms with Gasteiger partial charge in [0.25, 0.3) is 11.6 Å². The zero-order valence-corrected chi connectivity index (χ0v) is 16.3. The van der Waals surface area contributed by atoms with Crippen LogP contribution in [0.1, 0.15) is 13.8 Å². The number of esters is 1. The number of rotatable bonds is 7. The molecule has 1 aliphatic rings. The fraction of sp³-hybridized carbons (Fsp3) is 0.300. The van der Waals surface area contributed by atoms with E-state index in [0.717, 1.165) is 0 Å². The molecule has 1 aliphatic heterocycles. The van der Waals surface area contributed by atoms with Crippen molar-refractivity contribution in [1.82, 2.24) is 0 Å². The topological polar surface area (TPSA) is 126 Å². The molecule has 0 aliphatic carbocycles. The molecule has 30 heavy (non-hydrogen) atoms. The van der Waals surface area contributed by atoms with Crippen LogP contribution in [0.4, 0.5) is 11.4 Å². The van der Waals surface area contributed by atoms with Crippen LogP contribution >= 0.6 is 0 Å². The molecule has 3 rings (SSSR count). The average Bonchev–Trinajstić information content (AvgIpc) is 2.72. The highest BCUT2D eigenvalue weighted by atomic mass is 16.6. The van der Waals surface area contributed by atoms with E-state index in [9.17, 15) is 19.7 Å². The summed E-state index contributed by atoms with van der Waals surface area (Å²) in [6.07, 6.45) is -1.67. The van der Waals surface area contributed by atoms with Crippen LogP contribution in [0.5, 0.6) is 17.2 Å². The average molecular weight is 416 g/mol. The summed E-state index contributed by atoms with van der Waals surface area (Å²) < 4.78 is 21.5. The van der Waals surface area contributed by atoms with E-state index in [1.807, 2.05) is 0 Å². The fourth-order valence-electron chi connectivity index (χ4n) is 2.81. The minimum atomic E-state index is -1.05. The van der Waals surface area contributed by atoms with Gasteiger partial charge in [-0.15, -0.1) is 0 Å². The lowest BCUT2D eigenvalue weighted by atomic mass is 10.2. The highest BCUT2D eigenvalue weighted by Crippen LogP contribution is 2.33. The third-order valence-electron chi connectivity index (χ3n) is 4.17. The molecule has 0 fully saturated rings. The molecule has 10 heteroatoms. The maximum absolute atomic E-state index is 12.3. The molecule has 10 nitrogen and oxygen atoms in total. The Morgan fingerprint density at radius 2 is 1.87 bits per heavy atom. The molecular formula is C20H20N2O8. The Hall–Kier alpha value is -3.82. The van der Waals surface area contributed by atoms with Crippen LogP contribution < -0.4 is 19.5 Å². The highest BCUT2D eigenvalue weighted by molar-refractivity contribution is 5.95. The summed E-state index contributed by atoms with van der Waals surface area (Å²) in [5.74, 6) is -0.312. The summed E-state index contributed by atoms with van der Waals surface area (Å²) in [6.45, 7) is 3.09. The summed E-state index contributed by atoms with van der Waals surface area (Å²) in [4.78, 5) is 35.1. The van der Waals surface area contributed by atoms with Crippen molar-refractivity contribution >= 4 is 23.3 Å². The van der Waals surface area contributed by atoms with Crippen molar-refractivity contribution in [2.45, 2.75) is 26.1 Å². The number of hydrogen-bond acceptors (Lipinski definition) is 8. The minimum Gasteiger partial charge on any atom is -0.494 e. The van der Waals surface area contributed by atoms with Crippen LogP contribution in [0, 0.1) is 10.1 Å². The first kappa shape index (κ1) is 20.9. The molecule has 0 saturated heterocycles. The largest absolute Gasteiger partial charge is 0.494 e. The number of hydrogen-bond donors (Lipinski definition) is 1. The van der Waals surface area contributed by atoms with E-state index in [1.165, 1.54) is 18.2 Å². The van der Waals surface area contributed by atoms with Gasteiger partial charge in [0.2, 0.25) is 6.10 Å². The van der Waals surface area contributed by atoms with Gasteiger partial charge in [0, 0.05) is 0 Å². The number of amides is 1. The third kappa shape index (κ3) is 4.77. The number of para-hydroxylation sites is 2. The number of fused-ring (bicyclic) bond motifs is 1. The Balaban J connectivity index is 1.60. The number of nitrogens with zero attached hydrogens (tertiary/aromatic N) is 1. The molecule has 2 unspecified atom stereocenters. The SMILES string of the molecule is CCOc1ccc(NC(=O)COC(=O)C2Oc3ccccc3OC2C)c([N+](=O)[O-])c1. The van der Waals surface area contributed by atoms with Crippen LogP contribution in [0.25, 0.3) is 0 Å². The first-order valence-electron chi connectivity index (χ1n) is 9.19. The summed E-state index contributed by atoms with van der Waals surface area (Å²) in [5, 5.41) is 13.6. The van der Waals surface area contributed by atoms with Crippen molar-refractivity contribution in [3.8, 4) is 17.2 Å². The van der Waals surface area contributed by atoms with Gasteiger partial charge in [-0.3, -0.25) is 14.9 Å². The molecular weight excluding hydrogens is 396 g/mol. The van der Waals surface area contributed by atoms with Crippen LogP contribution in [-0.2, 0) is 14.3 Å². The summed E-state index contributed by atoms with van der Waals surface area (Å²) >= 11 is 0. The molecule has 0 spiro atoms. The second kappa shape index (κ2) is 9.12. The van der Waals surface area contributed by atoms with Crippen LogP contribution in [0.3, 0.4) is 0 Å². The van der Waals surface area contributed by atoms with Crippen molar-refractivity contribution < 1.29 is 33.5 Å². The zero-order chi connectivity index (χ0) is 21.7. The van der Waals surface area contributed by atoms with E-state index in [4.69, 9.17) is 18.9 Å². The highest BCUT2D eigenvalue weighted by Gasteiger charge is 2.35. The number of carbonyl (C=O) groups is 2. The molecule has 2 aromatic carbocycles. The summed E-state index contributed by atoms with van der Waals surface area (Å²) in [6, 6.07) is 10.9. The van der Waals surface area contributed by atoms with Gasteiger partial charge < -0.3 is 24.3 Å². The number of anilines is 1. The molecule has 1 amide bonds. The van der Waals surface area contributed by atoms with Crippen molar-refractivity contribution in [2.24, 2.45) is 0 Å². The maximum atomic E-state index is 12.3. The van der Waals surface area contributed by atoms with Gasteiger partial charge in [0.15, 0.2) is 18.1 Å². The molecule has 2 atom stereocenters. The Morgan fingerprint density at radius 1 is 1.17 bits per heavy atom. The van der Waals surface area contributed by atoms with Crippen molar-refractivity contribution in [3.63, 3.8) is 0 Å². The summed E-state index contributed by atoms with van der Waals surface area (Å²) in [5.41, 5.74) is -0.376. The van der Waals surface area contributed by atoms with Crippen molar-refractivity contribution in [2.75, 3.05) is 18.5 Å². The van der Waals surface area contributed by atoms with Crippen molar-refractivity contribution in [1.29, 1.82) is 0 Å². The lowest BCUT2D eigenvalue weighted by Gasteiger charge is -2.30. The second-order valence-electron chi connectivity index (χ2n) is 6.33. The van der Waals surface area contributed by atoms with E-state index in [0.29, 0.717) is 23.9 Å². The van der Waals surface area contributed by atoms with E-state index in [-0.39, 0.29) is 11.4 Å². The van der Waals surface area contributed by atoms with E-state index in [2.05, 4.69) is 5.32 Å². The second-order valence-corrected chi connectivity index (χ2v) is 6.33. The van der Waals surface area contributed by atoms with Crippen LogP contribution in [-0.4, -0.2) is 42.2 Å². The standard InChI is InChI=1S/C20H20N2O8/c1-3-27-13-8-9-14(15(10-13)22(25)26)21-18(23)11-28-20(24)19-12(2)29-16-6-4-5-7-17(16)30-19/h4-10,12,19H,3,11H2,1-2H3,(H,21,23). The van der Waals surface area contributed by atoms with Gasteiger partial charge in [-0.2, -0.15) is 0 Å². The Kier molecular flexibility index (Phi) is 6.35.